The smallest absolute Gasteiger partial charge is 0.328 e. The number of aromatic amines is 1. The molecule has 1 aliphatic heterocycles. The second-order valence-electron chi connectivity index (χ2n) is 8.95. The van der Waals surface area contributed by atoms with Crippen LogP contribution in [0.15, 0.2) is 42.5 Å². The third-order valence-corrected chi connectivity index (χ3v) is 6.71. The molecule has 2 aliphatic rings. The molecular weight excluding hydrogens is 436 g/mol. The number of fused-ring (bicyclic) bond motifs is 3. The Balaban J connectivity index is 1.67. The van der Waals surface area contributed by atoms with Crippen molar-refractivity contribution in [3.63, 3.8) is 0 Å². The van der Waals surface area contributed by atoms with Gasteiger partial charge < -0.3 is 10.1 Å². The number of hydrogen-bond donors (Lipinski definition) is 2. The van der Waals surface area contributed by atoms with Crippen LogP contribution < -0.4 is 0 Å². The Labute approximate surface area is 187 Å². The molecule has 2 aromatic carbocycles. The van der Waals surface area contributed by atoms with Gasteiger partial charge in [-0.25, -0.2) is 22.4 Å². The van der Waals surface area contributed by atoms with E-state index >= 15 is 8.78 Å². The summed E-state index contributed by atoms with van der Waals surface area (Å²) in [6.07, 6.45) is 1.77. The molecule has 0 spiro atoms. The van der Waals surface area contributed by atoms with E-state index in [-0.39, 0.29) is 30.0 Å². The molecule has 1 fully saturated rings. The minimum absolute atomic E-state index is 0.0682. The number of para-hydroxylation sites is 1. The number of halogens is 4. The highest BCUT2D eigenvalue weighted by Crippen LogP contribution is 2.49. The van der Waals surface area contributed by atoms with Crippen LogP contribution in [0.25, 0.3) is 17.0 Å². The van der Waals surface area contributed by atoms with Gasteiger partial charge in [0, 0.05) is 53.2 Å². The number of aliphatic carboxylic acids is 1. The number of alkyl halides is 2. The van der Waals surface area contributed by atoms with Crippen LogP contribution >= 0.6 is 0 Å². The zero-order chi connectivity index (χ0) is 23.5. The number of H-pyrrole nitrogens is 1. The van der Waals surface area contributed by atoms with Gasteiger partial charge in [0.1, 0.15) is 11.6 Å². The molecule has 0 unspecified atom stereocenters. The summed E-state index contributed by atoms with van der Waals surface area (Å²) >= 11 is 0. The van der Waals surface area contributed by atoms with Gasteiger partial charge in [-0.1, -0.05) is 18.2 Å². The van der Waals surface area contributed by atoms with Crippen LogP contribution in [-0.4, -0.2) is 39.0 Å². The number of carbonyl (C=O) groups is 1. The fourth-order valence-electron chi connectivity index (χ4n) is 5.31. The van der Waals surface area contributed by atoms with Gasteiger partial charge in [-0.3, -0.25) is 4.90 Å². The van der Waals surface area contributed by atoms with Crippen molar-refractivity contribution in [2.24, 2.45) is 0 Å². The third kappa shape index (κ3) is 3.72. The number of benzene rings is 2. The van der Waals surface area contributed by atoms with Gasteiger partial charge in [-0.05, 0) is 48.7 Å². The molecule has 3 aromatic rings. The Morgan fingerprint density at radius 2 is 1.85 bits per heavy atom. The molecule has 1 aromatic heterocycles. The fourth-order valence-corrected chi connectivity index (χ4v) is 5.31. The lowest BCUT2D eigenvalue weighted by molar-refractivity contribution is -0.139. The van der Waals surface area contributed by atoms with E-state index < -0.39 is 35.6 Å². The van der Waals surface area contributed by atoms with Crippen molar-refractivity contribution >= 4 is 22.9 Å². The molecule has 1 aliphatic carbocycles. The van der Waals surface area contributed by atoms with E-state index in [1.54, 1.807) is 0 Å². The predicted octanol–water partition coefficient (Wildman–Crippen LogP) is 5.68. The highest BCUT2D eigenvalue weighted by Gasteiger charge is 2.52. The Kier molecular flexibility index (Phi) is 5.08. The van der Waals surface area contributed by atoms with Crippen molar-refractivity contribution in [3.05, 3.63) is 76.5 Å². The van der Waals surface area contributed by atoms with Gasteiger partial charge in [-0.15, -0.1) is 0 Å². The highest BCUT2D eigenvalue weighted by atomic mass is 19.3. The zero-order valence-corrected chi connectivity index (χ0v) is 17.8. The van der Waals surface area contributed by atoms with Crippen LogP contribution in [0.4, 0.5) is 17.6 Å². The molecule has 8 heteroatoms. The lowest BCUT2D eigenvalue weighted by Gasteiger charge is -2.51. The highest BCUT2D eigenvalue weighted by molar-refractivity contribution is 5.86. The second-order valence-corrected chi connectivity index (χ2v) is 8.95. The van der Waals surface area contributed by atoms with Crippen molar-refractivity contribution in [1.82, 2.24) is 9.88 Å². The van der Waals surface area contributed by atoms with Crippen molar-refractivity contribution in [2.75, 3.05) is 0 Å². The Morgan fingerprint density at radius 1 is 1.18 bits per heavy atom. The van der Waals surface area contributed by atoms with Gasteiger partial charge in [0.25, 0.3) is 5.92 Å². The van der Waals surface area contributed by atoms with Gasteiger partial charge >= 0.3 is 5.97 Å². The fraction of sp³-hybridized carbons (Fsp3) is 0.320. The molecule has 4 nitrogen and oxygen atoms in total. The number of aromatic nitrogens is 1. The first-order valence-corrected chi connectivity index (χ1v) is 10.8. The molecule has 0 saturated heterocycles. The predicted molar refractivity (Wildman–Crippen MR) is 116 cm³/mol. The van der Waals surface area contributed by atoms with Crippen LogP contribution in [0, 0.1) is 11.6 Å². The summed E-state index contributed by atoms with van der Waals surface area (Å²) in [5.74, 6) is -5.71. The normalized spacial score (nSPS) is 23.1. The Hall–Kier alpha value is -3.13. The number of carboxylic acids is 1. The largest absolute Gasteiger partial charge is 0.478 e. The molecule has 33 heavy (non-hydrogen) atoms. The molecule has 5 rings (SSSR count). The van der Waals surface area contributed by atoms with E-state index in [0.717, 1.165) is 40.8 Å². The maximum atomic E-state index is 15.4. The van der Waals surface area contributed by atoms with Gasteiger partial charge in [0.2, 0.25) is 0 Å². The first kappa shape index (κ1) is 21.7. The lowest BCUT2D eigenvalue weighted by Crippen LogP contribution is -2.57. The monoisotopic (exact) mass is 458 g/mol. The van der Waals surface area contributed by atoms with E-state index in [2.05, 4.69) is 4.98 Å². The summed E-state index contributed by atoms with van der Waals surface area (Å²) in [4.78, 5) is 15.9. The number of hydrogen-bond acceptors (Lipinski definition) is 2. The average Bonchev–Trinajstić information content (AvgIpc) is 3.08. The van der Waals surface area contributed by atoms with Crippen LogP contribution in [0.1, 0.15) is 48.2 Å². The Bertz CT molecular complexity index is 1250. The summed E-state index contributed by atoms with van der Waals surface area (Å²) in [5, 5.41) is 9.75. The minimum atomic E-state index is -2.78. The molecule has 0 bridgehead atoms. The standard InChI is InChI=1S/C25H22F4N2O2/c1-13-8-17-16-4-2-3-5-20(16)30-23(17)24(31(13)15-11-25(28,29)12-15)22-18(26)9-14(10-19(22)27)6-7-21(32)33/h2-7,9-10,13,15,24,30H,8,11-12H2,1H3,(H,32,33)/b7-6+/t13-,24-/m1/s1. The van der Waals surface area contributed by atoms with Gasteiger partial charge in [0.05, 0.1) is 6.04 Å². The molecule has 2 heterocycles. The van der Waals surface area contributed by atoms with Crippen LogP contribution in [-0.2, 0) is 11.2 Å². The lowest BCUT2D eigenvalue weighted by atomic mass is 9.80. The quantitative estimate of drug-likeness (QED) is 0.391. The maximum absolute atomic E-state index is 15.4. The van der Waals surface area contributed by atoms with E-state index in [9.17, 15) is 13.6 Å². The molecular formula is C25H22F4N2O2. The summed E-state index contributed by atoms with van der Waals surface area (Å²) in [6.45, 7) is 1.90. The maximum Gasteiger partial charge on any atom is 0.328 e. The molecule has 0 amide bonds. The minimum Gasteiger partial charge on any atom is -0.478 e. The van der Waals surface area contributed by atoms with Crippen molar-refractivity contribution < 1.29 is 27.5 Å². The summed E-state index contributed by atoms with van der Waals surface area (Å²) < 4.78 is 58.4. The topological polar surface area (TPSA) is 56.3 Å². The summed E-state index contributed by atoms with van der Waals surface area (Å²) in [7, 11) is 0. The van der Waals surface area contributed by atoms with Crippen LogP contribution in [0.5, 0.6) is 0 Å². The number of rotatable bonds is 4. The summed E-state index contributed by atoms with van der Waals surface area (Å²) in [6, 6.07) is 8.09. The van der Waals surface area contributed by atoms with Gasteiger partial charge in [0.15, 0.2) is 0 Å². The van der Waals surface area contributed by atoms with Crippen molar-refractivity contribution in [2.45, 2.75) is 50.2 Å². The molecule has 0 radical (unpaired) electrons. The van der Waals surface area contributed by atoms with E-state index in [1.807, 2.05) is 36.1 Å². The molecule has 2 N–H and O–H groups in total. The first-order chi connectivity index (χ1) is 15.6. The first-order valence-electron chi connectivity index (χ1n) is 10.8. The molecule has 1 saturated carbocycles. The van der Waals surface area contributed by atoms with E-state index in [0.29, 0.717) is 12.1 Å². The number of nitrogens with zero attached hydrogens (tertiary/aromatic N) is 1. The number of carboxylic acid groups (broad SMARTS) is 1. The second kappa shape index (κ2) is 7.73. The molecule has 172 valence electrons. The zero-order valence-electron chi connectivity index (χ0n) is 17.8. The molecule has 2 atom stereocenters. The number of nitrogens with one attached hydrogen (secondary N) is 1. The van der Waals surface area contributed by atoms with Gasteiger partial charge in [-0.2, -0.15) is 0 Å². The van der Waals surface area contributed by atoms with Crippen LogP contribution in [0.3, 0.4) is 0 Å². The van der Waals surface area contributed by atoms with Crippen LogP contribution in [0.2, 0.25) is 0 Å². The summed E-state index contributed by atoms with van der Waals surface area (Å²) in [5.41, 5.74) is 2.20. The Morgan fingerprint density at radius 3 is 2.48 bits per heavy atom. The van der Waals surface area contributed by atoms with Crippen molar-refractivity contribution in [3.8, 4) is 0 Å². The third-order valence-electron chi connectivity index (χ3n) is 6.71. The van der Waals surface area contributed by atoms with Crippen molar-refractivity contribution in [1.29, 1.82) is 0 Å². The SMILES string of the molecule is C[C@@H]1Cc2c([nH]c3ccccc23)[C@@H](c2c(F)cc(/C=C/C(=O)O)cc2F)N1C1CC(F)(F)C1. The van der Waals surface area contributed by atoms with E-state index in [4.69, 9.17) is 5.11 Å². The van der Waals surface area contributed by atoms with E-state index in [1.165, 1.54) is 0 Å². The average molecular weight is 458 g/mol.